The molecule has 0 aliphatic rings. The molecule has 2 N–H and O–H groups in total. The molecule has 1 amide bonds. The zero-order valence-corrected chi connectivity index (χ0v) is 13.8. The Kier molecular flexibility index (Phi) is 4.71. The average Bonchev–Trinajstić information content (AvgIpc) is 2.97. The molecule has 0 saturated carbocycles. The Morgan fingerprint density at radius 1 is 1.33 bits per heavy atom. The largest absolute Gasteiger partial charge is 0.497 e. The molecule has 0 fully saturated rings. The number of carbonyl (C=O) groups is 1. The molecule has 0 radical (unpaired) electrons. The number of ether oxygens (including phenoxy) is 1. The predicted octanol–water partition coefficient (Wildman–Crippen LogP) is 3.94. The van der Waals surface area contributed by atoms with Gasteiger partial charge in [-0.3, -0.25) is 4.79 Å². The Morgan fingerprint density at radius 3 is 2.92 bits per heavy atom. The van der Waals surface area contributed by atoms with E-state index in [1.54, 1.807) is 7.11 Å². The maximum atomic E-state index is 13.7. The number of aromatic amines is 1. The molecule has 0 unspecified atom stereocenters. The number of fused-ring (bicyclic) bond motifs is 1. The Labute approximate surface area is 143 Å². The van der Waals surface area contributed by atoms with Crippen LogP contribution in [0.2, 0.25) is 5.02 Å². The number of hydrogen-bond donors (Lipinski definition) is 2. The van der Waals surface area contributed by atoms with Gasteiger partial charge in [0.15, 0.2) is 0 Å². The van der Waals surface area contributed by atoms with Gasteiger partial charge < -0.3 is 15.0 Å². The van der Waals surface area contributed by atoms with E-state index in [0.717, 1.165) is 22.2 Å². The van der Waals surface area contributed by atoms with E-state index >= 15 is 0 Å². The van der Waals surface area contributed by atoms with Gasteiger partial charge in [0.1, 0.15) is 11.6 Å². The van der Waals surface area contributed by atoms with Crippen LogP contribution in [0.15, 0.2) is 42.6 Å². The van der Waals surface area contributed by atoms with Crippen molar-refractivity contribution in [2.45, 2.75) is 6.42 Å². The molecule has 2 aromatic carbocycles. The molecule has 0 bridgehead atoms. The summed E-state index contributed by atoms with van der Waals surface area (Å²) >= 11 is 5.89. The first-order valence-electron chi connectivity index (χ1n) is 7.46. The van der Waals surface area contributed by atoms with Crippen molar-refractivity contribution in [1.29, 1.82) is 0 Å². The third-order valence-corrected chi connectivity index (χ3v) is 4.16. The van der Waals surface area contributed by atoms with Gasteiger partial charge in [-0.25, -0.2) is 4.39 Å². The molecule has 24 heavy (non-hydrogen) atoms. The second-order valence-electron chi connectivity index (χ2n) is 5.33. The maximum absolute atomic E-state index is 13.7. The summed E-state index contributed by atoms with van der Waals surface area (Å²) in [6.45, 7) is 0.369. The number of rotatable bonds is 5. The van der Waals surface area contributed by atoms with Gasteiger partial charge in [0.05, 0.1) is 17.7 Å². The molecule has 4 nitrogen and oxygen atoms in total. The summed E-state index contributed by atoms with van der Waals surface area (Å²) in [5.41, 5.74) is 1.91. The highest BCUT2D eigenvalue weighted by atomic mass is 35.5. The van der Waals surface area contributed by atoms with Crippen LogP contribution in [0, 0.1) is 5.82 Å². The van der Waals surface area contributed by atoms with Crippen molar-refractivity contribution < 1.29 is 13.9 Å². The monoisotopic (exact) mass is 346 g/mol. The first kappa shape index (κ1) is 16.3. The third kappa shape index (κ3) is 3.21. The Hall–Kier alpha value is -2.53. The number of aromatic nitrogens is 1. The standard InChI is InChI=1S/C18H16ClFN2O2/c1-24-12-5-6-16-13(9-12)11(10-22-16)7-8-21-18(23)17-14(19)3-2-4-15(17)20/h2-6,9-10,22H,7-8H2,1H3,(H,21,23). The van der Waals surface area contributed by atoms with Crippen LogP contribution in [0.3, 0.4) is 0 Å². The zero-order valence-electron chi connectivity index (χ0n) is 13.0. The van der Waals surface area contributed by atoms with Gasteiger partial charge >= 0.3 is 0 Å². The van der Waals surface area contributed by atoms with E-state index < -0.39 is 11.7 Å². The van der Waals surface area contributed by atoms with Crippen molar-refractivity contribution in [3.8, 4) is 5.75 Å². The SMILES string of the molecule is COc1ccc2[nH]cc(CCNC(=O)c3c(F)cccc3Cl)c2c1. The summed E-state index contributed by atoms with van der Waals surface area (Å²) in [6.07, 6.45) is 2.50. The normalized spacial score (nSPS) is 10.8. The highest BCUT2D eigenvalue weighted by molar-refractivity contribution is 6.33. The van der Waals surface area contributed by atoms with Crippen LogP contribution in [0.4, 0.5) is 4.39 Å². The van der Waals surface area contributed by atoms with E-state index in [4.69, 9.17) is 16.3 Å². The number of benzene rings is 2. The summed E-state index contributed by atoms with van der Waals surface area (Å²) in [5, 5.41) is 3.84. The molecule has 1 heterocycles. The van der Waals surface area contributed by atoms with Crippen LogP contribution in [0.1, 0.15) is 15.9 Å². The summed E-state index contributed by atoms with van der Waals surface area (Å²) in [6, 6.07) is 9.93. The molecule has 0 atom stereocenters. The molecule has 0 aliphatic carbocycles. The molecule has 0 spiro atoms. The third-order valence-electron chi connectivity index (χ3n) is 3.84. The van der Waals surface area contributed by atoms with Crippen LogP contribution < -0.4 is 10.1 Å². The van der Waals surface area contributed by atoms with Crippen LogP contribution in [-0.2, 0) is 6.42 Å². The highest BCUT2D eigenvalue weighted by Gasteiger charge is 2.15. The number of halogens is 2. The summed E-state index contributed by atoms with van der Waals surface area (Å²) in [7, 11) is 1.62. The van der Waals surface area contributed by atoms with Crippen LogP contribution in [0.5, 0.6) is 5.75 Å². The molecular weight excluding hydrogens is 331 g/mol. The lowest BCUT2D eigenvalue weighted by atomic mass is 10.1. The molecule has 3 aromatic rings. The fourth-order valence-corrected chi connectivity index (χ4v) is 2.85. The lowest BCUT2D eigenvalue weighted by molar-refractivity contribution is 0.0950. The quantitative estimate of drug-likeness (QED) is 0.735. The lowest BCUT2D eigenvalue weighted by Crippen LogP contribution is -2.26. The van der Waals surface area contributed by atoms with Gasteiger partial charge in [0.2, 0.25) is 0 Å². The van der Waals surface area contributed by atoms with E-state index in [0.29, 0.717) is 13.0 Å². The molecular formula is C18H16ClFN2O2. The van der Waals surface area contributed by atoms with Crippen molar-refractivity contribution in [2.75, 3.05) is 13.7 Å². The van der Waals surface area contributed by atoms with Gasteiger partial charge in [0.25, 0.3) is 5.91 Å². The number of H-pyrrole nitrogens is 1. The molecule has 6 heteroatoms. The average molecular weight is 347 g/mol. The second-order valence-corrected chi connectivity index (χ2v) is 5.74. The molecule has 0 saturated heterocycles. The summed E-state index contributed by atoms with van der Waals surface area (Å²) in [4.78, 5) is 15.3. The van der Waals surface area contributed by atoms with Crippen molar-refractivity contribution >= 4 is 28.4 Å². The fraction of sp³-hybridized carbons (Fsp3) is 0.167. The number of hydrogen-bond acceptors (Lipinski definition) is 2. The van der Waals surface area contributed by atoms with Crippen LogP contribution in [-0.4, -0.2) is 24.5 Å². The van der Waals surface area contributed by atoms with Crippen molar-refractivity contribution in [1.82, 2.24) is 10.3 Å². The first-order valence-corrected chi connectivity index (χ1v) is 7.84. The minimum atomic E-state index is -0.628. The molecule has 1 aromatic heterocycles. The van der Waals surface area contributed by atoms with Crippen molar-refractivity contribution in [3.63, 3.8) is 0 Å². The maximum Gasteiger partial charge on any atom is 0.255 e. The summed E-state index contributed by atoms with van der Waals surface area (Å²) < 4.78 is 19.0. The predicted molar refractivity (Wildman–Crippen MR) is 92.3 cm³/mol. The van der Waals surface area contributed by atoms with Gasteiger partial charge in [-0.2, -0.15) is 0 Å². The van der Waals surface area contributed by atoms with Crippen LogP contribution in [0.25, 0.3) is 10.9 Å². The Bertz CT molecular complexity index is 872. The number of nitrogens with one attached hydrogen (secondary N) is 2. The second kappa shape index (κ2) is 6.93. The van der Waals surface area contributed by atoms with E-state index in [1.165, 1.54) is 18.2 Å². The Morgan fingerprint density at radius 2 is 2.17 bits per heavy atom. The molecule has 3 rings (SSSR count). The Balaban J connectivity index is 1.69. The van der Waals surface area contributed by atoms with Crippen molar-refractivity contribution in [2.24, 2.45) is 0 Å². The summed E-state index contributed by atoms with van der Waals surface area (Å²) in [5.74, 6) is -0.377. The van der Waals surface area contributed by atoms with E-state index in [2.05, 4.69) is 10.3 Å². The van der Waals surface area contributed by atoms with E-state index in [-0.39, 0.29) is 10.6 Å². The highest BCUT2D eigenvalue weighted by Crippen LogP contribution is 2.24. The lowest BCUT2D eigenvalue weighted by Gasteiger charge is -2.07. The van der Waals surface area contributed by atoms with Crippen LogP contribution >= 0.6 is 11.6 Å². The molecule has 124 valence electrons. The molecule has 0 aliphatic heterocycles. The smallest absolute Gasteiger partial charge is 0.255 e. The van der Waals surface area contributed by atoms with E-state index in [1.807, 2.05) is 24.4 Å². The number of carbonyl (C=O) groups excluding carboxylic acids is 1. The van der Waals surface area contributed by atoms with Gasteiger partial charge in [-0.15, -0.1) is 0 Å². The van der Waals surface area contributed by atoms with Crippen molar-refractivity contribution in [3.05, 3.63) is 64.6 Å². The topological polar surface area (TPSA) is 54.1 Å². The van der Waals surface area contributed by atoms with Gasteiger partial charge in [-0.05, 0) is 42.3 Å². The van der Waals surface area contributed by atoms with Gasteiger partial charge in [0, 0.05) is 23.6 Å². The first-order chi connectivity index (χ1) is 11.6. The minimum absolute atomic E-state index is 0.101. The number of methoxy groups -OCH3 is 1. The zero-order chi connectivity index (χ0) is 17.1. The van der Waals surface area contributed by atoms with E-state index in [9.17, 15) is 9.18 Å². The fourth-order valence-electron chi connectivity index (χ4n) is 2.61. The van der Waals surface area contributed by atoms with Gasteiger partial charge in [-0.1, -0.05) is 17.7 Å². The number of amides is 1. The minimum Gasteiger partial charge on any atom is -0.497 e.